The highest BCUT2D eigenvalue weighted by atomic mass is 32.2. The number of hydrogen-bond acceptors (Lipinski definition) is 4. The first-order valence-electron chi connectivity index (χ1n) is 7.10. The summed E-state index contributed by atoms with van der Waals surface area (Å²) in [5, 5.41) is 11.9. The molecule has 0 spiro atoms. The van der Waals surface area contributed by atoms with Gasteiger partial charge in [0.2, 0.25) is 5.91 Å². The van der Waals surface area contributed by atoms with E-state index in [2.05, 4.69) is 20.1 Å². The molecular formula is C15H18N4OS. The quantitative estimate of drug-likeness (QED) is 0.833. The first kappa shape index (κ1) is 14.1. The van der Waals surface area contributed by atoms with E-state index in [4.69, 9.17) is 0 Å². The van der Waals surface area contributed by atoms with Crippen molar-refractivity contribution in [2.75, 3.05) is 5.75 Å². The monoisotopic (exact) mass is 302 g/mol. The van der Waals surface area contributed by atoms with Gasteiger partial charge in [0.15, 0.2) is 5.16 Å². The highest BCUT2D eigenvalue weighted by molar-refractivity contribution is 7.99. The molecule has 1 aromatic carbocycles. The van der Waals surface area contributed by atoms with Crippen molar-refractivity contribution in [3.8, 4) is 0 Å². The topological polar surface area (TPSA) is 59.8 Å². The van der Waals surface area contributed by atoms with E-state index in [1.54, 1.807) is 6.33 Å². The summed E-state index contributed by atoms with van der Waals surface area (Å²) in [5.41, 5.74) is 1.11. The number of aromatic nitrogens is 3. The lowest BCUT2D eigenvalue weighted by Gasteiger charge is -2.14. The number of nitrogens with zero attached hydrogens (tertiary/aromatic N) is 3. The SMILES string of the molecule is CC(NC(=O)CSc1nncn1C1CC1)c1ccccc1. The molecule has 1 amide bonds. The molecule has 1 fully saturated rings. The minimum atomic E-state index is 0.0144. The summed E-state index contributed by atoms with van der Waals surface area (Å²) in [7, 11) is 0. The molecule has 1 unspecified atom stereocenters. The molecule has 21 heavy (non-hydrogen) atoms. The van der Waals surface area contributed by atoms with Gasteiger partial charge in [0, 0.05) is 6.04 Å². The summed E-state index contributed by atoms with van der Waals surface area (Å²) in [6, 6.07) is 10.5. The molecule has 1 heterocycles. The van der Waals surface area contributed by atoms with Gasteiger partial charge in [0.1, 0.15) is 6.33 Å². The average Bonchev–Trinajstić information content (AvgIpc) is 3.24. The Morgan fingerprint density at radius 2 is 2.19 bits per heavy atom. The molecule has 110 valence electrons. The van der Waals surface area contributed by atoms with Gasteiger partial charge in [-0.3, -0.25) is 4.79 Å². The third-order valence-electron chi connectivity index (χ3n) is 3.49. The van der Waals surface area contributed by atoms with Crippen LogP contribution in [0.2, 0.25) is 0 Å². The largest absolute Gasteiger partial charge is 0.349 e. The van der Waals surface area contributed by atoms with Crippen LogP contribution in [0.15, 0.2) is 41.8 Å². The summed E-state index contributed by atoms with van der Waals surface area (Å²) in [5.74, 6) is 0.379. The van der Waals surface area contributed by atoms with Crippen molar-refractivity contribution in [1.82, 2.24) is 20.1 Å². The van der Waals surface area contributed by atoms with E-state index in [0.717, 1.165) is 10.7 Å². The van der Waals surface area contributed by atoms with Gasteiger partial charge in [0.05, 0.1) is 11.8 Å². The minimum absolute atomic E-state index is 0.0144. The van der Waals surface area contributed by atoms with Crippen LogP contribution in [0.1, 0.15) is 37.4 Å². The molecule has 1 aliphatic rings. The van der Waals surface area contributed by atoms with Gasteiger partial charge in [-0.15, -0.1) is 10.2 Å². The summed E-state index contributed by atoms with van der Waals surface area (Å²) < 4.78 is 2.07. The number of amides is 1. The van der Waals surface area contributed by atoms with E-state index in [-0.39, 0.29) is 11.9 Å². The smallest absolute Gasteiger partial charge is 0.230 e. The Morgan fingerprint density at radius 3 is 2.90 bits per heavy atom. The first-order valence-corrected chi connectivity index (χ1v) is 8.09. The average molecular weight is 302 g/mol. The van der Waals surface area contributed by atoms with Crippen molar-refractivity contribution in [2.45, 2.75) is 37.0 Å². The van der Waals surface area contributed by atoms with Crippen molar-refractivity contribution < 1.29 is 4.79 Å². The maximum atomic E-state index is 12.0. The summed E-state index contributed by atoms with van der Waals surface area (Å²) in [4.78, 5) is 12.0. The third-order valence-corrected chi connectivity index (χ3v) is 4.45. The first-order chi connectivity index (χ1) is 10.2. The van der Waals surface area contributed by atoms with Crippen LogP contribution < -0.4 is 5.32 Å². The molecule has 6 heteroatoms. The summed E-state index contributed by atoms with van der Waals surface area (Å²) in [6.07, 6.45) is 4.12. The minimum Gasteiger partial charge on any atom is -0.349 e. The van der Waals surface area contributed by atoms with Crippen molar-refractivity contribution in [2.24, 2.45) is 0 Å². The molecule has 0 saturated heterocycles. The van der Waals surface area contributed by atoms with Crippen LogP contribution in [0.5, 0.6) is 0 Å². The predicted octanol–water partition coefficient (Wildman–Crippen LogP) is 2.58. The fraction of sp³-hybridized carbons (Fsp3) is 0.400. The van der Waals surface area contributed by atoms with E-state index >= 15 is 0 Å². The van der Waals surface area contributed by atoms with Crippen LogP contribution >= 0.6 is 11.8 Å². The van der Waals surface area contributed by atoms with Gasteiger partial charge < -0.3 is 9.88 Å². The van der Waals surface area contributed by atoms with E-state index in [9.17, 15) is 4.79 Å². The molecule has 0 bridgehead atoms. The molecule has 1 aliphatic carbocycles. The molecule has 5 nitrogen and oxygen atoms in total. The molecular weight excluding hydrogens is 284 g/mol. The lowest BCUT2D eigenvalue weighted by atomic mass is 10.1. The standard InChI is InChI=1S/C15H18N4OS/c1-11(12-5-3-2-4-6-12)17-14(20)9-21-15-18-16-10-19(15)13-7-8-13/h2-6,10-11,13H,7-9H2,1H3,(H,17,20). The van der Waals surface area contributed by atoms with Crippen molar-refractivity contribution >= 4 is 17.7 Å². The lowest BCUT2D eigenvalue weighted by molar-refractivity contribution is -0.119. The molecule has 3 rings (SSSR count). The van der Waals surface area contributed by atoms with Crippen molar-refractivity contribution in [1.29, 1.82) is 0 Å². The maximum absolute atomic E-state index is 12.0. The number of hydrogen-bond donors (Lipinski definition) is 1. The maximum Gasteiger partial charge on any atom is 0.230 e. The highest BCUT2D eigenvalue weighted by Gasteiger charge is 2.26. The number of thioether (sulfide) groups is 1. The molecule has 1 atom stereocenters. The Morgan fingerprint density at radius 1 is 1.43 bits per heavy atom. The zero-order valence-electron chi connectivity index (χ0n) is 11.9. The number of benzene rings is 1. The molecule has 0 radical (unpaired) electrons. The highest BCUT2D eigenvalue weighted by Crippen LogP contribution is 2.37. The van der Waals surface area contributed by atoms with Gasteiger partial charge in [-0.25, -0.2) is 0 Å². The van der Waals surface area contributed by atoms with E-state index in [1.807, 2.05) is 37.3 Å². The van der Waals surface area contributed by atoms with E-state index in [0.29, 0.717) is 11.8 Å². The van der Waals surface area contributed by atoms with Crippen molar-refractivity contribution in [3.05, 3.63) is 42.2 Å². The number of carbonyl (C=O) groups is 1. The molecule has 1 N–H and O–H groups in total. The number of rotatable bonds is 6. The van der Waals surface area contributed by atoms with Crippen LogP contribution in [-0.2, 0) is 4.79 Å². The summed E-state index contributed by atoms with van der Waals surface area (Å²) in [6.45, 7) is 1.99. The van der Waals surface area contributed by atoms with Crippen molar-refractivity contribution in [3.63, 3.8) is 0 Å². The van der Waals surface area contributed by atoms with E-state index in [1.165, 1.54) is 24.6 Å². The van der Waals surface area contributed by atoms with Gasteiger partial charge in [-0.05, 0) is 25.3 Å². The van der Waals surface area contributed by atoms with Crippen LogP contribution in [0.25, 0.3) is 0 Å². The zero-order chi connectivity index (χ0) is 14.7. The fourth-order valence-electron chi connectivity index (χ4n) is 2.18. The number of nitrogens with one attached hydrogen (secondary N) is 1. The Kier molecular flexibility index (Phi) is 4.24. The molecule has 1 aromatic heterocycles. The fourth-order valence-corrected chi connectivity index (χ4v) is 2.97. The Bertz CT molecular complexity index is 609. The van der Waals surface area contributed by atoms with Crippen LogP contribution in [0.4, 0.5) is 0 Å². The summed E-state index contributed by atoms with van der Waals surface area (Å²) >= 11 is 1.44. The molecule has 2 aromatic rings. The second kappa shape index (κ2) is 6.30. The van der Waals surface area contributed by atoms with E-state index < -0.39 is 0 Å². The van der Waals surface area contributed by atoms with Crippen LogP contribution in [-0.4, -0.2) is 26.4 Å². The van der Waals surface area contributed by atoms with Gasteiger partial charge >= 0.3 is 0 Å². The van der Waals surface area contributed by atoms with Crippen LogP contribution in [0, 0.1) is 0 Å². The molecule has 0 aliphatic heterocycles. The Hall–Kier alpha value is -1.82. The Labute approximate surface area is 128 Å². The normalized spacial score (nSPS) is 15.7. The van der Waals surface area contributed by atoms with Gasteiger partial charge in [-0.2, -0.15) is 0 Å². The van der Waals surface area contributed by atoms with Crippen LogP contribution in [0.3, 0.4) is 0 Å². The second-order valence-electron chi connectivity index (χ2n) is 5.24. The molecule has 1 saturated carbocycles. The van der Waals surface area contributed by atoms with Gasteiger partial charge in [0.25, 0.3) is 0 Å². The number of carbonyl (C=O) groups excluding carboxylic acids is 1. The Balaban J connectivity index is 1.51. The lowest BCUT2D eigenvalue weighted by Crippen LogP contribution is -2.28. The second-order valence-corrected chi connectivity index (χ2v) is 6.18. The van der Waals surface area contributed by atoms with Gasteiger partial charge in [-0.1, -0.05) is 42.1 Å². The predicted molar refractivity (Wildman–Crippen MR) is 82.0 cm³/mol. The zero-order valence-corrected chi connectivity index (χ0v) is 12.7. The third kappa shape index (κ3) is 3.64.